The van der Waals surface area contributed by atoms with Gasteiger partial charge in [0, 0.05) is 24.4 Å². The smallest absolute Gasteiger partial charge is 0.187 e. The van der Waals surface area contributed by atoms with Gasteiger partial charge >= 0.3 is 0 Å². The lowest BCUT2D eigenvalue weighted by atomic mass is 9.35. The molecule has 13 heteroatoms. The average molecular weight is 769 g/mol. The third kappa shape index (κ3) is 6.77. The lowest BCUT2D eigenvalue weighted by Gasteiger charge is -2.70. The Kier molecular flexibility index (Phi) is 12.0. The van der Waals surface area contributed by atoms with Crippen LogP contribution in [0.4, 0.5) is 0 Å². The van der Waals surface area contributed by atoms with E-state index in [2.05, 4.69) is 33.8 Å². The zero-order valence-electron chi connectivity index (χ0n) is 33.3. The summed E-state index contributed by atoms with van der Waals surface area (Å²) in [4.78, 5) is 14.0. The van der Waals surface area contributed by atoms with Gasteiger partial charge in [-0.25, -0.2) is 0 Å². The summed E-state index contributed by atoms with van der Waals surface area (Å²) in [6.45, 7) is 13.8. The molecule has 0 radical (unpaired) electrons. The van der Waals surface area contributed by atoms with Crippen LogP contribution in [-0.2, 0) is 23.7 Å². The van der Waals surface area contributed by atoms with Crippen LogP contribution in [-0.4, -0.2) is 133 Å². The van der Waals surface area contributed by atoms with Crippen molar-refractivity contribution in [3.8, 4) is 0 Å². The monoisotopic (exact) mass is 768 g/mol. The first kappa shape index (κ1) is 42.5. The number of fused-ring (bicyclic) bond motifs is 5. The number of carbonyl (C=O) groups excluding carboxylic acids is 1. The van der Waals surface area contributed by atoms with Crippen molar-refractivity contribution < 1.29 is 64.6 Å². The SMILES string of the molecule is CC(C)=CCC[C@](C)(O)[C@H]1C(=O)C[C@]2(C)[C@@H]1CC[C@@H]1[C@@]3(CO)CCC(O[C@@H]4O[C@H](CO)[C@@H](O)[C@H](O)[C@H]4O[C@@H]4OC[C@H](O)[C@H](O)[C@H]4O)C(C)(C)[C@@H]3CC[C@]12C. The number of rotatable bonds is 10. The molecule has 13 nitrogen and oxygen atoms in total. The van der Waals surface area contributed by atoms with Crippen LogP contribution in [0, 0.1) is 45.3 Å². The quantitative estimate of drug-likeness (QED) is 0.118. The molecule has 1 unspecified atom stereocenters. The topological polar surface area (TPSA) is 216 Å². The normalized spacial score (nSPS) is 50.0. The molecule has 6 fully saturated rings. The number of Topliss-reactive ketones (excluding diaryl/α,β-unsaturated/α-hetero) is 1. The predicted molar refractivity (Wildman–Crippen MR) is 195 cm³/mol. The van der Waals surface area contributed by atoms with Crippen molar-refractivity contribution >= 4 is 5.78 Å². The van der Waals surface area contributed by atoms with Crippen LogP contribution in [0.2, 0.25) is 0 Å². The minimum atomic E-state index is -1.65. The molecular weight excluding hydrogens is 700 g/mol. The summed E-state index contributed by atoms with van der Waals surface area (Å²) >= 11 is 0. The van der Waals surface area contributed by atoms with Crippen LogP contribution in [0.5, 0.6) is 0 Å². The van der Waals surface area contributed by atoms with E-state index in [9.17, 15) is 45.6 Å². The van der Waals surface area contributed by atoms with Gasteiger partial charge in [0.1, 0.15) is 48.5 Å². The van der Waals surface area contributed by atoms with Gasteiger partial charge in [0.05, 0.1) is 24.9 Å². The minimum absolute atomic E-state index is 0.0130. The summed E-state index contributed by atoms with van der Waals surface area (Å²) in [5, 5.41) is 86.2. The fourth-order valence-electron chi connectivity index (χ4n) is 12.8. The number of allylic oxidation sites excluding steroid dienone is 2. The van der Waals surface area contributed by atoms with E-state index < -0.39 is 90.4 Å². The van der Waals surface area contributed by atoms with Crippen LogP contribution in [0.3, 0.4) is 0 Å². The summed E-state index contributed by atoms with van der Waals surface area (Å²) < 4.78 is 24.1. The van der Waals surface area contributed by atoms with E-state index in [0.29, 0.717) is 25.7 Å². The maximum Gasteiger partial charge on any atom is 0.187 e. The van der Waals surface area contributed by atoms with Gasteiger partial charge in [-0.15, -0.1) is 0 Å². The molecule has 8 N–H and O–H groups in total. The first-order valence-electron chi connectivity index (χ1n) is 20.3. The third-order valence-electron chi connectivity index (χ3n) is 15.9. The van der Waals surface area contributed by atoms with E-state index in [1.807, 2.05) is 20.8 Å². The molecule has 0 amide bonds. The van der Waals surface area contributed by atoms with Crippen molar-refractivity contribution in [3.05, 3.63) is 11.6 Å². The molecule has 310 valence electrons. The Morgan fingerprint density at radius 2 is 1.57 bits per heavy atom. The van der Waals surface area contributed by atoms with Gasteiger partial charge in [0.15, 0.2) is 12.6 Å². The van der Waals surface area contributed by atoms with E-state index >= 15 is 0 Å². The van der Waals surface area contributed by atoms with Crippen LogP contribution in [0.1, 0.15) is 106 Å². The second-order valence-electron chi connectivity index (χ2n) is 19.4. The van der Waals surface area contributed by atoms with E-state index in [0.717, 1.165) is 32.1 Å². The molecule has 0 aromatic carbocycles. The van der Waals surface area contributed by atoms with Crippen LogP contribution in [0.25, 0.3) is 0 Å². The maximum absolute atomic E-state index is 14.0. The first-order valence-corrected chi connectivity index (χ1v) is 20.3. The van der Waals surface area contributed by atoms with Crippen LogP contribution >= 0.6 is 0 Å². The Labute approximate surface area is 320 Å². The van der Waals surface area contributed by atoms with E-state index in [1.54, 1.807) is 0 Å². The molecule has 0 aromatic heterocycles. The second-order valence-corrected chi connectivity index (χ2v) is 19.4. The summed E-state index contributed by atoms with van der Waals surface area (Å²) in [6.07, 6.45) is -5.27. The lowest BCUT2D eigenvalue weighted by molar-refractivity contribution is -0.371. The Hall–Kier alpha value is -1.07. The Balaban J connectivity index is 1.24. The van der Waals surface area contributed by atoms with Gasteiger partial charge in [-0.1, -0.05) is 39.3 Å². The zero-order valence-corrected chi connectivity index (χ0v) is 33.3. The molecule has 54 heavy (non-hydrogen) atoms. The molecule has 0 aromatic rings. The zero-order chi connectivity index (χ0) is 39.8. The molecule has 6 aliphatic rings. The highest BCUT2D eigenvalue weighted by atomic mass is 16.8. The number of hydrogen-bond donors (Lipinski definition) is 8. The van der Waals surface area contributed by atoms with Gasteiger partial charge in [0.25, 0.3) is 0 Å². The molecule has 2 heterocycles. The first-order chi connectivity index (χ1) is 25.2. The Bertz CT molecular complexity index is 1380. The van der Waals surface area contributed by atoms with Gasteiger partial charge in [-0.05, 0) is 106 Å². The average Bonchev–Trinajstić information content (AvgIpc) is 3.39. The highest BCUT2D eigenvalue weighted by molar-refractivity contribution is 5.86. The van der Waals surface area contributed by atoms with Crippen molar-refractivity contribution in [2.75, 3.05) is 19.8 Å². The number of ether oxygens (including phenoxy) is 4. The highest BCUT2D eigenvalue weighted by Crippen LogP contribution is 2.75. The van der Waals surface area contributed by atoms with Gasteiger partial charge in [0.2, 0.25) is 0 Å². The van der Waals surface area contributed by atoms with E-state index in [1.165, 1.54) is 5.57 Å². The Morgan fingerprint density at radius 3 is 2.22 bits per heavy atom. The molecule has 6 rings (SSSR count). The molecule has 4 aliphatic carbocycles. The molecular formula is C41H68O13. The molecule has 4 saturated carbocycles. The molecule has 2 saturated heterocycles. The predicted octanol–water partition coefficient (Wildman–Crippen LogP) is 1.97. The number of hydrogen-bond acceptors (Lipinski definition) is 13. The fourth-order valence-corrected chi connectivity index (χ4v) is 12.8. The number of aliphatic hydroxyl groups is 8. The van der Waals surface area contributed by atoms with Crippen molar-refractivity contribution in [2.45, 2.75) is 173 Å². The summed E-state index contributed by atoms with van der Waals surface area (Å²) in [5.74, 6) is -0.0875. The maximum atomic E-state index is 14.0. The van der Waals surface area contributed by atoms with Gasteiger partial charge < -0.3 is 59.8 Å². The van der Waals surface area contributed by atoms with Crippen molar-refractivity contribution in [1.82, 2.24) is 0 Å². The summed E-state index contributed by atoms with van der Waals surface area (Å²) in [6, 6.07) is 0. The second kappa shape index (κ2) is 15.3. The number of ketones is 1. The molecule has 0 bridgehead atoms. The molecule has 0 spiro atoms. The molecule has 18 atom stereocenters. The van der Waals surface area contributed by atoms with Gasteiger partial charge in [-0.3, -0.25) is 4.79 Å². The fraction of sp³-hybridized carbons (Fsp3) is 0.927. The Morgan fingerprint density at radius 1 is 0.870 bits per heavy atom. The standard InChI is InChI=1S/C41H68O13/c1-21(2)9-8-14-40(7,50)29-22-10-11-27-38(5,39(22,6)17-23(29)44)15-12-26-37(3,4)28(13-16-41(26,27)20-43)53-36-34(32(48)31(47)25(18-42)52-36)54-35-33(49)30(46)24(45)19-51-35/h9,22,24-36,42-43,45-50H,8,10-20H2,1-7H3/t22-,24+,25-,26+,27+,28?,29-,30+,31-,32+,33-,34-,35+,36+,38-,39-,40+,41-/m1/s1. The van der Waals surface area contributed by atoms with Crippen molar-refractivity contribution in [3.63, 3.8) is 0 Å². The highest BCUT2D eigenvalue weighted by Gasteiger charge is 2.72. The van der Waals surface area contributed by atoms with E-state index in [-0.39, 0.29) is 47.6 Å². The van der Waals surface area contributed by atoms with Crippen molar-refractivity contribution in [1.29, 1.82) is 0 Å². The van der Waals surface area contributed by atoms with E-state index in [4.69, 9.17) is 18.9 Å². The lowest BCUT2D eigenvalue weighted by Crippen LogP contribution is -2.67. The van der Waals surface area contributed by atoms with Crippen LogP contribution < -0.4 is 0 Å². The number of carbonyl (C=O) groups is 1. The van der Waals surface area contributed by atoms with Crippen LogP contribution in [0.15, 0.2) is 11.6 Å². The largest absolute Gasteiger partial charge is 0.396 e. The summed E-state index contributed by atoms with van der Waals surface area (Å²) in [5.41, 5.74) is -1.50. The summed E-state index contributed by atoms with van der Waals surface area (Å²) in [7, 11) is 0. The van der Waals surface area contributed by atoms with Gasteiger partial charge in [-0.2, -0.15) is 0 Å². The minimum Gasteiger partial charge on any atom is -0.396 e. The third-order valence-corrected chi connectivity index (χ3v) is 15.9. The van der Waals surface area contributed by atoms with Crippen molar-refractivity contribution in [2.24, 2.45) is 45.3 Å². The number of aliphatic hydroxyl groups excluding tert-OH is 7. The molecule has 2 aliphatic heterocycles.